The highest BCUT2D eigenvalue weighted by molar-refractivity contribution is 7.89. The second kappa shape index (κ2) is 5.91. The summed E-state index contributed by atoms with van der Waals surface area (Å²) < 4.78 is 26.9. The Balaban J connectivity index is 1.68. The van der Waals surface area contributed by atoms with Gasteiger partial charge in [0.15, 0.2) is 0 Å². The molecule has 0 radical (unpaired) electrons. The first-order chi connectivity index (χ1) is 9.59. The van der Waals surface area contributed by atoms with Crippen LogP contribution in [0.3, 0.4) is 0 Å². The molecule has 0 aromatic rings. The molecule has 2 heterocycles. The minimum atomic E-state index is -3.21. The van der Waals surface area contributed by atoms with Gasteiger partial charge in [0.25, 0.3) is 0 Å². The van der Waals surface area contributed by atoms with Crippen LogP contribution in [0.5, 0.6) is 0 Å². The van der Waals surface area contributed by atoms with E-state index in [1.165, 1.54) is 12.8 Å². The molecule has 1 saturated carbocycles. The Bertz CT molecular complexity index is 428. The summed E-state index contributed by atoms with van der Waals surface area (Å²) in [4.78, 5) is 2.26. The first kappa shape index (κ1) is 14.8. The zero-order valence-corrected chi connectivity index (χ0v) is 12.9. The van der Waals surface area contributed by atoms with Crippen molar-refractivity contribution in [2.75, 3.05) is 26.2 Å². The lowest BCUT2D eigenvalue weighted by Crippen LogP contribution is -2.42. The molecule has 2 saturated heterocycles. The van der Waals surface area contributed by atoms with Crippen molar-refractivity contribution < 1.29 is 13.5 Å². The molecule has 0 amide bonds. The Kier molecular flexibility index (Phi) is 4.36. The summed E-state index contributed by atoms with van der Waals surface area (Å²) in [6.07, 6.45) is 6.60. The van der Waals surface area contributed by atoms with Crippen molar-refractivity contribution in [2.45, 2.75) is 62.3 Å². The Morgan fingerprint density at radius 2 is 1.55 bits per heavy atom. The second-order valence-electron chi connectivity index (χ2n) is 6.50. The van der Waals surface area contributed by atoms with Crippen LogP contribution in [0.25, 0.3) is 0 Å². The molecule has 20 heavy (non-hydrogen) atoms. The molecule has 0 aromatic heterocycles. The highest BCUT2D eigenvalue weighted by Crippen LogP contribution is 2.30. The van der Waals surface area contributed by atoms with Crippen molar-refractivity contribution in [3.8, 4) is 0 Å². The number of nitrogens with zero attached hydrogens (tertiary/aromatic N) is 2. The zero-order valence-electron chi connectivity index (χ0n) is 12.1. The quantitative estimate of drug-likeness (QED) is 0.837. The van der Waals surface area contributed by atoms with Crippen LogP contribution in [0.2, 0.25) is 0 Å². The van der Waals surface area contributed by atoms with Crippen LogP contribution in [0.1, 0.15) is 44.9 Å². The summed E-state index contributed by atoms with van der Waals surface area (Å²) in [6.45, 7) is 2.78. The van der Waals surface area contributed by atoms with Crippen LogP contribution in [0, 0.1) is 0 Å². The lowest BCUT2D eigenvalue weighted by Gasteiger charge is -2.28. The predicted octanol–water partition coefficient (Wildman–Crippen LogP) is 0.790. The average molecular weight is 302 g/mol. The number of aliphatic hydroxyl groups excluding tert-OH is 1. The molecule has 1 N–H and O–H groups in total. The van der Waals surface area contributed by atoms with Gasteiger partial charge in [0, 0.05) is 13.1 Å². The van der Waals surface area contributed by atoms with E-state index in [0.29, 0.717) is 13.1 Å². The summed E-state index contributed by atoms with van der Waals surface area (Å²) in [7, 11) is -3.21. The van der Waals surface area contributed by atoms with Gasteiger partial charge in [-0.1, -0.05) is 19.3 Å². The van der Waals surface area contributed by atoms with Gasteiger partial charge in [0.05, 0.1) is 17.4 Å². The number of aliphatic hydroxyl groups is 1. The van der Waals surface area contributed by atoms with Crippen molar-refractivity contribution in [3.63, 3.8) is 0 Å². The number of hydrogen-bond acceptors (Lipinski definition) is 4. The van der Waals surface area contributed by atoms with Crippen LogP contribution >= 0.6 is 0 Å². The van der Waals surface area contributed by atoms with Crippen molar-refractivity contribution in [3.05, 3.63) is 0 Å². The fourth-order valence-electron chi connectivity index (χ4n) is 3.95. The van der Waals surface area contributed by atoms with Gasteiger partial charge >= 0.3 is 0 Å². The Hall–Kier alpha value is -0.170. The van der Waals surface area contributed by atoms with Gasteiger partial charge in [0.2, 0.25) is 10.0 Å². The molecule has 116 valence electrons. The second-order valence-corrected chi connectivity index (χ2v) is 8.71. The number of sulfonamides is 1. The van der Waals surface area contributed by atoms with E-state index in [9.17, 15) is 13.5 Å². The third-order valence-electron chi connectivity index (χ3n) is 5.17. The summed E-state index contributed by atoms with van der Waals surface area (Å²) in [5, 5.41) is 10.0. The SMILES string of the molecule is O=S(=O)(C1CCCCC1)N1C[C@@H](O)[C@H](N2CCCC2)C1. The van der Waals surface area contributed by atoms with E-state index in [-0.39, 0.29) is 11.3 Å². The van der Waals surface area contributed by atoms with E-state index in [2.05, 4.69) is 4.90 Å². The van der Waals surface area contributed by atoms with E-state index in [0.717, 1.165) is 45.2 Å². The molecular formula is C14H26N2O3S. The van der Waals surface area contributed by atoms with Gasteiger partial charge in [-0.2, -0.15) is 4.31 Å². The fourth-order valence-corrected chi connectivity index (χ4v) is 6.02. The van der Waals surface area contributed by atoms with E-state index >= 15 is 0 Å². The molecule has 3 aliphatic rings. The maximum Gasteiger partial charge on any atom is 0.217 e. The van der Waals surface area contributed by atoms with E-state index < -0.39 is 16.1 Å². The molecule has 3 fully saturated rings. The average Bonchev–Trinajstić information content (AvgIpc) is 3.08. The minimum Gasteiger partial charge on any atom is -0.390 e. The molecule has 5 nitrogen and oxygen atoms in total. The Morgan fingerprint density at radius 1 is 0.900 bits per heavy atom. The molecule has 6 heteroatoms. The largest absolute Gasteiger partial charge is 0.390 e. The number of β-amino-alcohol motifs (C(OH)–C–C–N with tert-alkyl or cyclic N) is 1. The highest BCUT2D eigenvalue weighted by Gasteiger charge is 2.43. The smallest absolute Gasteiger partial charge is 0.217 e. The summed E-state index contributed by atoms with van der Waals surface area (Å²) in [5.41, 5.74) is 0. The van der Waals surface area contributed by atoms with Gasteiger partial charge in [-0.3, -0.25) is 4.90 Å². The molecule has 1 aliphatic carbocycles. The van der Waals surface area contributed by atoms with Gasteiger partial charge in [-0.25, -0.2) is 8.42 Å². The molecular weight excluding hydrogens is 276 g/mol. The maximum absolute atomic E-state index is 12.7. The minimum absolute atomic E-state index is 0.0101. The van der Waals surface area contributed by atoms with Gasteiger partial charge in [0.1, 0.15) is 0 Å². The third-order valence-corrected chi connectivity index (χ3v) is 7.50. The predicted molar refractivity (Wildman–Crippen MR) is 78.0 cm³/mol. The summed E-state index contributed by atoms with van der Waals surface area (Å²) in [5.74, 6) is 0. The third kappa shape index (κ3) is 2.75. The highest BCUT2D eigenvalue weighted by atomic mass is 32.2. The molecule has 0 spiro atoms. The standard InChI is InChI=1S/C14H26N2O3S/c17-14-11-16(10-13(14)15-8-4-5-9-15)20(18,19)12-6-2-1-3-7-12/h12-14,17H,1-11H2/t13-,14-/m1/s1. The molecule has 0 aromatic carbocycles. The number of hydrogen-bond donors (Lipinski definition) is 1. The number of likely N-dealkylation sites (tertiary alicyclic amines) is 1. The van der Waals surface area contributed by atoms with E-state index in [1.807, 2.05) is 0 Å². The zero-order chi connectivity index (χ0) is 14.2. The van der Waals surface area contributed by atoms with Crippen LogP contribution in [-0.2, 0) is 10.0 Å². The molecule has 2 aliphatic heterocycles. The monoisotopic (exact) mass is 302 g/mol. The Labute approximate surface area is 122 Å². The molecule has 0 bridgehead atoms. The lowest BCUT2D eigenvalue weighted by molar-refractivity contribution is 0.0983. The first-order valence-corrected chi connectivity index (χ1v) is 9.50. The summed E-state index contributed by atoms with van der Waals surface area (Å²) >= 11 is 0. The normalized spacial score (nSPS) is 34.9. The summed E-state index contributed by atoms with van der Waals surface area (Å²) in [6, 6.07) is 0.0101. The lowest BCUT2D eigenvalue weighted by atomic mass is 10.0. The number of rotatable bonds is 3. The van der Waals surface area contributed by atoms with Crippen LogP contribution in [0.15, 0.2) is 0 Å². The van der Waals surface area contributed by atoms with Gasteiger partial charge < -0.3 is 5.11 Å². The fraction of sp³-hybridized carbons (Fsp3) is 1.00. The van der Waals surface area contributed by atoms with E-state index in [1.54, 1.807) is 4.31 Å². The van der Waals surface area contributed by atoms with Crippen LogP contribution in [0.4, 0.5) is 0 Å². The van der Waals surface area contributed by atoms with Crippen LogP contribution in [-0.4, -0.2) is 66.3 Å². The van der Waals surface area contributed by atoms with Crippen molar-refractivity contribution in [1.82, 2.24) is 9.21 Å². The first-order valence-electron chi connectivity index (χ1n) is 8.00. The van der Waals surface area contributed by atoms with Crippen molar-refractivity contribution in [1.29, 1.82) is 0 Å². The molecule has 2 atom stereocenters. The molecule has 0 unspecified atom stereocenters. The topological polar surface area (TPSA) is 60.9 Å². The van der Waals surface area contributed by atoms with Crippen molar-refractivity contribution >= 4 is 10.0 Å². The molecule has 3 rings (SSSR count). The Morgan fingerprint density at radius 3 is 2.20 bits per heavy atom. The maximum atomic E-state index is 12.7. The van der Waals surface area contributed by atoms with Crippen molar-refractivity contribution in [2.24, 2.45) is 0 Å². The van der Waals surface area contributed by atoms with Gasteiger partial charge in [-0.05, 0) is 38.8 Å². The van der Waals surface area contributed by atoms with Crippen LogP contribution < -0.4 is 0 Å². The van der Waals surface area contributed by atoms with E-state index in [4.69, 9.17) is 0 Å². The van der Waals surface area contributed by atoms with Gasteiger partial charge in [-0.15, -0.1) is 0 Å².